The maximum atomic E-state index is 13.5. The van der Waals surface area contributed by atoms with Gasteiger partial charge in [-0.25, -0.2) is 4.79 Å². The first kappa shape index (κ1) is 34.0. The second-order valence-electron chi connectivity index (χ2n) is 10.8. The minimum atomic E-state index is -0.520. The predicted octanol–water partition coefficient (Wildman–Crippen LogP) is 7.99. The topological polar surface area (TPSA) is 114 Å². The molecule has 3 aromatic carbocycles. The van der Waals surface area contributed by atoms with E-state index in [4.69, 9.17) is 16.3 Å². The standard InChI is InChI=1S/C36H34ClN3O5S2/c1-3-29(34(43)40-35-31(36(44)45-2)27-14-7-8-15-30(27)47-35)46-26-13-9-12-25(21-26)38-33(42)28(20-22-16-18-24(37)19-17-22)39-32(41)23-10-5-4-6-11-23/h4-6,9-13,16-21,29H,3,7-8,14-15H2,1-2H3,(H,38,42)(H,39,41)(H,40,43)/b28-20-. The maximum absolute atomic E-state index is 13.5. The van der Waals surface area contributed by atoms with Gasteiger partial charge in [-0.2, -0.15) is 0 Å². The number of thioether (sulfide) groups is 1. The van der Waals surface area contributed by atoms with Crippen LogP contribution in [0, 0.1) is 0 Å². The Labute approximate surface area is 286 Å². The lowest BCUT2D eigenvalue weighted by Gasteiger charge is -2.16. The number of esters is 1. The van der Waals surface area contributed by atoms with Crippen molar-refractivity contribution in [1.82, 2.24) is 5.32 Å². The van der Waals surface area contributed by atoms with Crippen molar-refractivity contribution >= 4 is 75.2 Å². The minimum absolute atomic E-state index is 0.0464. The highest BCUT2D eigenvalue weighted by atomic mass is 35.5. The van der Waals surface area contributed by atoms with Gasteiger partial charge >= 0.3 is 5.97 Å². The highest BCUT2D eigenvalue weighted by Gasteiger charge is 2.28. The van der Waals surface area contributed by atoms with Crippen LogP contribution in [0.1, 0.15) is 62.9 Å². The van der Waals surface area contributed by atoms with E-state index in [1.54, 1.807) is 78.9 Å². The van der Waals surface area contributed by atoms with E-state index >= 15 is 0 Å². The Morgan fingerprint density at radius 3 is 2.43 bits per heavy atom. The minimum Gasteiger partial charge on any atom is -0.465 e. The smallest absolute Gasteiger partial charge is 0.341 e. The van der Waals surface area contributed by atoms with Gasteiger partial charge in [0.1, 0.15) is 10.7 Å². The zero-order valence-corrected chi connectivity index (χ0v) is 28.3. The second-order valence-corrected chi connectivity index (χ2v) is 13.6. The van der Waals surface area contributed by atoms with Crippen LogP contribution >= 0.6 is 34.7 Å². The monoisotopic (exact) mass is 687 g/mol. The van der Waals surface area contributed by atoms with Gasteiger partial charge in [-0.1, -0.05) is 54.9 Å². The molecule has 0 bridgehead atoms. The Hall–Kier alpha value is -4.38. The molecule has 1 unspecified atom stereocenters. The quantitative estimate of drug-likeness (QED) is 0.0837. The van der Waals surface area contributed by atoms with Crippen molar-refractivity contribution in [3.05, 3.63) is 117 Å². The fourth-order valence-corrected chi connectivity index (χ4v) is 7.58. The maximum Gasteiger partial charge on any atom is 0.341 e. The van der Waals surface area contributed by atoms with E-state index < -0.39 is 23.0 Å². The molecule has 3 N–H and O–H groups in total. The fraction of sp³-hybridized carbons (Fsp3) is 0.222. The van der Waals surface area contributed by atoms with Crippen LogP contribution in [0.5, 0.6) is 0 Å². The number of aryl methyl sites for hydroxylation is 1. The summed E-state index contributed by atoms with van der Waals surface area (Å²) in [6, 6.07) is 22.7. The molecule has 0 saturated heterocycles. The SMILES string of the molecule is CCC(Sc1cccc(NC(=O)/C(=C/c2ccc(Cl)cc2)NC(=O)c2ccccc2)c1)C(=O)Nc1sc2c(c1C(=O)OC)CCCC2. The molecule has 8 nitrogen and oxygen atoms in total. The fourth-order valence-electron chi connectivity index (χ4n) is 5.16. The number of thiophene rings is 1. The molecule has 1 aliphatic rings. The van der Waals surface area contributed by atoms with Crippen LogP contribution in [-0.2, 0) is 27.2 Å². The highest BCUT2D eigenvalue weighted by Crippen LogP contribution is 2.39. The van der Waals surface area contributed by atoms with Crippen molar-refractivity contribution < 1.29 is 23.9 Å². The lowest BCUT2D eigenvalue weighted by molar-refractivity contribution is -0.116. The van der Waals surface area contributed by atoms with Crippen LogP contribution in [-0.4, -0.2) is 36.1 Å². The Morgan fingerprint density at radius 2 is 1.70 bits per heavy atom. The Balaban J connectivity index is 1.31. The number of methoxy groups -OCH3 is 1. The molecule has 1 atom stereocenters. The second kappa shape index (κ2) is 15.9. The molecule has 0 aliphatic heterocycles. The molecule has 1 aromatic heterocycles. The number of ether oxygens (including phenoxy) is 1. The van der Waals surface area contributed by atoms with E-state index in [1.807, 2.05) is 13.0 Å². The van der Waals surface area contributed by atoms with Crippen LogP contribution in [0.4, 0.5) is 10.7 Å². The molecular weight excluding hydrogens is 654 g/mol. The van der Waals surface area contributed by atoms with Crippen LogP contribution in [0.3, 0.4) is 0 Å². The molecule has 0 spiro atoms. The summed E-state index contributed by atoms with van der Waals surface area (Å²) in [7, 11) is 1.35. The first-order valence-electron chi connectivity index (χ1n) is 15.2. The lowest BCUT2D eigenvalue weighted by atomic mass is 9.95. The van der Waals surface area contributed by atoms with Gasteiger partial charge < -0.3 is 20.7 Å². The van der Waals surface area contributed by atoms with Gasteiger partial charge in [-0.05, 0) is 91.8 Å². The summed E-state index contributed by atoms with van der Waals surface area (Å²) in [5.41, 5.74) is 3.07. The Bertz CT molecular complexity index is 1810. The summed E-state index contributed by atoms with van der Waals surface area (Å²) >= 11 is 8.85. The van der Waals surface area contributed by atoms with Crippen LogP contribution in [0.2, 0.25) is 5.02 Å². The van der Waals surface area contributed by atoms with Crippen molar-refractivity contribution in [3.63, 3.8) is 0 Å². The molecule has 5 rings (SSSR count). The third kappa shape index (κ3) is 8.71. The van der Waals surface area contributed by atoms with Crippen molar-refractivity contribution in [2.75, 3.05) is 17.7 Å². The number of hydrogen-bond acceptors (Lipinski definition) is 7. The summed E-state index contributed by atoms with van der Waals surface area (Å²) in [6.45, 7) is 1.92. The van der Waals surface area contributed by atoms with E-state index in [2.05, 4.69) is 16.0 Å². The van der Waals surface area contributed by atoms with Crippen molar-refractivity contribution in [2.24, 2.45) is 0 Å². The van der Waals surface area contributed by atoms with Gasteiger partial charge in [-0.15, -0.1) is 23.1 Å². The predicted molar refractivity (Wildman–Crippen MR) is 189 cm³/mol. The molecular formula is C36H34ClN3O5S2. The Kier molecular flexibility index (Phi) is 11.5. The number of hydrogen-bond donors (Lipinski definition) is 3. The van der Waals surface area contributed by atoms with Crippen molar-refractivity contribution in [3.8, 4) is 0 Å². The zero-order chi connectivity index (χ0) is 33.3. The molecule has 242 valence electrons. The lowest BCUT2D eigenvalue weighted by Crippen LogP contribution is -2.30. The van der Waals surface area contributed by atoms with E-state index in [0.717, 1.165) is 41.0 Å². The third-order valence-electron chi connectivity index (χ3n) is 7.54. The van der Waals surface area contributed by atoms with Gasteiger partial charge in [0.2, 0.25) is 5.91 Å². The van der Waals surface area contributed by atoms with Crippen LogP contribution in [0.25, 0.3) is 6.08 Å². The number of rotatable bonds is 11. The largest absolute Gasteiger partial charge is 0.465 e. The number of carbonyl (C=O) groups is 4. The molecule has 1 aliphatic carbocycles. The molecule has 3 amide bonds. The molecule has 47 heavy (non-hydrogen) atoms. The van der Waals surface area contributed by atoms with Gasteiger partial charge in [0, 0.05) is 26.0 Å². The summed E-state index contributed by atoms with van der Waals surface area (Å²) < 4.78 is 5.05. The number of nitrogens with one attached hydrogen (secondary N) is 3. The van der Waals surface area contributed by atoms with Crippen molar-refractivity contribution in [1.29, 1.82) is 0 Å². The summed E-state index contributed by atoms with van der Waals surface area (Å²) in [6.07, 6.45) is 5.84. The van der Waals surface area contributed by atoms with E-state index in [0.29, 0.717) is 38.8 Å². The van der Waals surface area contributed by atoms with E-state index in [9.17, 15) is 19.2 Å². The average molecular weight is 688 g/mol. The van der Waals surface area contributed by atoms with Crippen LogP contribution < -0.4 is 16.0 Å². The molecule has 11 heteroatoms. The van der Waals surface area contributed by atoms with Crippen LogP contribution in [0.15, 0.2) is 89.5 Å². The van der Waals surface area contributed by atoms with Gasteiger partial charge in [0.15, 0.2) is 0 Å². The van der Waals surface area contributed by atoms with Gasteiger partial charge in [-0.3, -0.25) is 14.4 Å². The third-order valence-corrected chi connectivity index (χ3v) is 10.4. The number of fused-ring (bicyclic) bond motifs is 1. The number of anilines is 2. The number of amides is 3. The Morgan fingerprint density at radius 1 is 0.957 bits per heavy atom. The number of halogens is 1. The summed E-state index contributed by atoms with van der Waals surface area (Å²) in [4.78, 5) is 54.5. The van der Waals surface area contributed by atoms with Gasteiger partial charge in [0.25, 0.3) is 11.8 Å². The molecule has 4 aromatic rings. The van der Waals surface area contributed by atoms with Gasteiger partial charge in [0.05, 0.1) is 17.9 Å². The zero-order valence-electron chi connectivity index (χ0n) is 25.9. The van der Waals surface area contributed by atoms with E-state index in [1.165, 1.54) is 30.2 Å². The average Bonchev–Trinajstić information content (AvgIpc) is 3.45. The number of benzene rings is 3. The summed E-state index contributed by atoms with van der Waals surface area (Å²) in [5, 5.41) is 9.23. The highest BCUT2D eigenvalue weighted by molar-refractivity contribution is 8.00. The first-order chi connectivity index (χ1) is 22.7. The molecule has 1 heterocycles. The molecule has 0 saturated carbocycles. The molecule has 0 radical (unpaired) electrons. The van der Waals surface area contributed by atoms with E-state index in [-0.39, 0.29) is 11.6 Å². The normalized spacial score (nSPS) is 13.2. The summed E-state index contributed by atoms with van der Waals surface area (Å²) in [5.74, 6) is -1.60. The number of carbonyl (C=O) groups excluding carboxylic acids is 4. The first-order valence-corrected chi connectivity index (χ1v) is 17.3. The van der Waals surface area contributed by atoms with Crippen molar-refractivity contribution in [2.45, 2.75) is 49.2 Å². The molecule has 0 fully saturated rings.